The number of carbonyl (C=O) groups is 1. The quantitative estimate of drug-likeness (QED) is 0.929. The van der Waals surface area contributed by atoms with Crippen LogP contribution in [0.5, 0.6) is 0 Å². The number of ether oxygens (including phenoxy) is 1. The molecule has 3 rings (SSSR count). The minimum atomic E-state index is -0.548. The topological polar surface area (TPSA) is 68.5 Å². The third-order valence-electron chi connectivity index (χ3n) is 3.22. The van der Waals surface area contributed by atoms with Gasteiger partial charge in [-0.05, 0) is 0 Å². The highest BCUT2D eigenvalue weighted by atomic mass is 32.1. The van der Waals surface area contributed by atoms with Crippen molar-refractivity contribution in [2.24, 2.45) is 5.73 Å². The van der Waals surface area contributed by atoms with Gasteiger partial charge in [0.2, 0.25) is 5.91 Å². The van der Waals surface area contributed by atoms with Crippen LogP contribution in [0.1, 0.15) is 0 Å². The fourth-order valence-electron chi connectivity index (χ4n) is 2.15. The lowest BCUT2D eigenvalue weighted by Crippen LogP contribution is -2.48. The van der Waals surface area contributed by atoms with Gasteiger partial charge < -0.3 is 15.4 Å². The molecule has 1 aliphatic rings. The van der Waals surface area contributed by atoms with Crippen molar-refractivity contribution in [2.75, 3.05) is 24.6 Å². The molecule has 1 aromatic carbocycles. The summed E-state index contributed by atoms with van der Waals surface area (Å²) in [7, 11) is 0. The van der Waals surface area contributed by atoms with Gasteiger partial charge in [0, 0.05) is 17.5 Å². The molecule has 2 aromatic rings. The van der Waals surface area contributed by atoms with E-state index in [4.69, 9.17) is 10.5 Å². The predicted octanol–water partition coefficient (Wildman–Crippen LogP) is 1.50. The van der Waals surface area contributed by atoms with Crippen molar-refractivity contribution in [2.45, 2.75) is 6.10 Å². The number of nitrogens with zero attached hydrogens (tertiary/aromatic N) is 2. The van der Waals surface area contributed by atoms with E-state index in [1.807, 2.05) is 35.7 Å². The zero-order chi connectivity index (χ0) is 13.9. The van der Waals surface area contributed by atoms with Gasteiger partial charge in [0.15, 0.2) is 11.2 Å². The van der Waals surface area contributed by atoms with Crippen LogP contribution in [0.25, 0.3) is 11.3 Å². The Morgan fingerprint density at radius 1 is 1.40 bits per heavy atom. The van der Waals surface area contributed by atoms with Gasteiger partial charge in [-0.15, -0.1) is 11.3 Å². The van der Waals surface area contributed by atoms with Crippen molar-refractivity contribution in [1.82, 2.24) is 4.98 Å². The summed E-state index contributed by atoms with van der Waals surface area (Å²) in [6.07, 6.45) is -0.548. The minimum absolute atomic E-state index is 0.422. The number of anilines is 1. The van der Waals surface area contributed by atoms with E-state index < -0.39 is 12.0 Å². The first kappa shape index (κ1) is 13.1. The molecule has 1 aliphatic heterocycles. The van der Waals surface area contributed by atoms with Gasteiger partial charge in [-0.3, -0.25) is 4.79 Å². The maximum atomic E-state index is 11.2. The zero-order valence-corrected chi connectivity index (χ0v) is 11.7. The molecule has 0 saturated carbocycles. The van der Waals surface area contributed by atoms with Crippen molar-refractivity contribution in [3.63, 3.8) is 0 Å². The number of hydrogen-bond acceptors (Lipinski definition) is 5. The summed E-state index contributed by atoms with van der Waals surface area (Å²) >= 11 is 1.57. The standard InChI is InChI=1S/C14H15N3O2S/c15-13(18)12-8-17(6-7-19-12)14-16-11(9-20-14)10-4-2-1-3-5-10/h1-5,9,12H,6-8H2,(H2,15,18). The molecule has 2 heterocycles. The van der Waals surface area contributed by atoms with Crippen molar-refractivity contribution in [3.05, 3.63) is 35.7 Å². The number of nitrogens with two attached hydrogens (primary N) is 1. The number of amides is 1. The Hall–Kier alpha value is -1.92. The van der Waals surface area contributed by atoms with Crippen LogP contribution in [0.15, 0.2) is 35.7 Å². The van der Waals surface area contributed by atoms with E-state index in [0.717, 1.165) is 22.9 Å². The molecule has 1 atom stereocenters. The van der Waals surface area contributed by atoms with Gasteiger partial charge in [-0.1, -0.05) is 30.3 Å². The second-order valence-electron chi connectivity index (χ2n) is 4.59. The van der Waals surface area contributed by atoms with E-state index in [0.29, 0.717) is 13.2 Å². The molecule has 20 heavy (non-hydrogen) atoms. The maximum Gasteiger partial charge on any atom is 0.248 e. The Labute approximate surface area is 121 Å². The van der Waals surface area contributed by atoms with Crippen LogP contribution >= 0.6 is 11.3 Å². The average Bonchev–Trinajstić information content (AvgIpc) is 2.98. The van der Waals surface area contributed by atoms with E-state index >= 15 is 0 Å². The van der Waals surface area contributed by atoms with Crippen LogP contribution in [0.3, 0.4) is 0 Å². The van der Waals surface area contributed by atoms with E-state index in [1.54, 1.807) is 11.3 Å². The first-order chi connectivity index (χ1) is 9.74. The van der Waals surface area contributed by atoms with Gasteiger partial charge in [0.1, 0.15) is 0 Å². The number of primary amides is 1. The molecule has 0 aliphatic carbocycles. The summed E-state index contributed by atoms with van der Waals surface area (Å²) < 4.78 is 5.34. The number of morpholine rings is 1. The number of thiazole rings is 1. The van der Waals surface area contributed by atoms with Gasteiger partial charge >= 0.3 is 0 Å². The molecule has 1 aromatic heterocycles. The molecule has 1 saturated heterocycles. The molecule has 0 radical (unpaired) electrons. The van der Waals surface area contributed by atoms with E-state index in [2.05, 4.69) is 9.88 Å². The second kappa shape index (κ2) is 5.60. The molecule has 6 heteroatoms. The smallest absolute Gasteiger partial charge is 0.248 e. The second-order valence-corrected chi connectivity index (χ2v) is 5.43. The van der Waals surface area contributed by atoms with Crippen LogP contribution < -0.4 is 10.6 Å². The van der Waals surface area contributed by atoms with E-state index in [-0.39, 0.29) is 0 Å². The average molecular weight is 289 g/mol. The SMILES string of the molecule is NC(=O)C1CN(c2nc(-c3ccccc3)cs2)CCO1. The van der Waals surface area contributed by atoms with Crippen LogP contribution in [0.2, 0.25) is 0 Å². The monoisotopic (exact) mass is 289 g/mol. The van der Waals surface area contributed by atoms with E-state index in [1.165, 1.54) is 0 Å². The highest BCUT2D eigenvalue weighted by molar-refractivity contribution is 7.14. The first-order valence-electron chi connectivity index (χ1n) is 6.41. The van der Waals surface area contributed by atoms with Crippen LogP contribution in [-0.4, -0.2) is 36.7 Å². The summed E-state index contributed by atoms with van der Waals surface area (Å²) in [6, 6.07) is 10.0. The number of aromatic nitrogens is 1. The fraction of sp³-hybridized carbons (Fsp3) is 0.286. The van der Waals surface area contributed by atoms with Gasteiger partial charge in [0.05, 0.1) is 18.8 Å². The zero-order valence-electron chi connectivity index (χ0n) is 10.9. The van der Waals surface area contributed by atoms with Gasteiger partial charge in [-0.2, -0.15) is 0 Å². The predicted molar refractivity (Wildman–Crippen MR) is 78.7 cm³/mol. The maximum absolute atomic E-state index is 11.2. The summed E-state index contributed by atoms with van der Waals surface area (Å²) in [5.74, 6) is -0.422. The molecule has 1 fully saturated rings. The first-order valence-corrected chi connectivity index (χ1v) is 7.29. The molecular formula is C14H15N3O2S. The van der Waals surface area contributed by atoms with Crippen LogP contribution in [0, 0.1) is 0 Å². The Balaban J connectivity index is 1.78. The normalized spacial score (nSPS) is 19.0. The van der Waals surface area contributed by atoms with Crippen LogP contribution in [-0.2, 0) is 9.53 Å². The Morgan fingerprint density at radius 2 is 2.20 bits per heavy atom. The van der Waals surface area contributed by atoms with Gasteiger partial charge in [0.25, 0.3) is 0 Å². The van der Waals surface area contributed by atoms with Crippen LogP contribution in [0.4, 0.5) is 5.13 Å². The number of rotatable bonds is 3. The third-order valence-corrected chi connectivity index (χ3v) is 4.12. The Morgan fingerprint density at radius 3 is 2.95 bits per heavy atom. The van der Waals surface area contributed by atoms with Crippen molar-refractivity contribution < 1.29 is 9.53 Å². The number of hydrogen-bond donors (Lipinski definition) is 1. The van der Waals surface area contributed by atoms with Crippen molar-refractivity contribution >= 4 is 22.4 Å². The number of benzene rings is 1. The van der Waals surface area contributed by atoms with Gasteiger partial charge in [-0.25, -0.2) is 4.98 Å². The molecule has 0 bridgehead atoms. The molecular weight excluding hydrogens is 274 g/mol. The summed E-state index contributed by atoms with van der Waals surface area (Å²) in [6.45, 7) is 1.69. The summed E-state index contributed by atoms with van der Waals surface area (Å²) in [4.78, 5) is 17.9. The number of carbonyl (C=O) groups excluding carboxylic acids is 1. The molecule has 2 N–H and O–H groups in total. The molecule has 104 valence electrons. The molecule has 1 amide bonds. The highest BCUT2D eigenvalue weighted by Crippen LogP contribution is 2.28. The lowest BCUT2D eigenvalue weighted by Gasteiger charge is -2.30. The molecule has 5 nitrogen and oxygen atoms in total. The molecule has 0 spiro atoms. The Kier molecular flexibility index (Phi) is 3.66. The van der Waals surface area contributed by atoms with E-state index in [9.17, 15) is 4.79 Å². The largest absolute Gasteiger partial charge is 0.367 e. The lowest BCUT2D eigenvalue weighted by atomic mass is 10.2. The summed E-state index contributed by atoms with van der Waals surface area (Å²) in [5.41, 5.74) is 7.34. The summed E-state index contributed by atoms with van der Waals surface area (Å²) in [5, 5.41) is 2.93. The fourth-order valence-corrected chi connectivity index (χ4v) is 3.02. The highest BCUT2D eigenvalue weighted by Gasteiger charge is 2.26. The molecule has 1 unspecified atom stereocenters. The van der Waals surface area contributed by atoms with Crippen molar-refractivity contribution in [1.29, 1.82) is 0 Å². The van der Waals surface area contributed by atoms with Crippen molar-refractivity contribution in [3.8, 4) is 11.3 Å². The third kappa shape index (κ3) is 2.66. The Bertz CT molecular complexity index is 599. The lowest BCUT2D eigenvalue weighted by molar-refractivity contribution is -0.130. The minimum Gasteiger partial charge on any atom is -0.367 e.